The van der Waals surface area contributed by atoms with Crippen LogP contribution in [0.4, 0.5) is 10.8 Å². The molecule has 1 aliphatic carbocycles. The fourth-order valence-electron chi connectivity index (χ4n) is 2.70. The molecule has 6 nitrogen and oxygen atoms in total. The van der Waals surface area contributed by atoms with Crippen molar-refractivity contribution in [3.8, 4) is 0 Å². The summed E-state index contributed by atoms with van der Waals surface area (Å²) < 4.78 is 0. The molecule has 28 heavy (non-hydrogen) atoms. The number of anilines is 2. The van der Waals surface area contributed by atoms with Crippen molar-refractivity contribution in [2.75, 3.05) is 18.4 Å². The lowest BCUT2D eigenvalue weighted by atomic mass is 10.3. The van der Waals surface area contributed by atoms with Crippen molar-refractivity contribution in [1.82, 2.24) is 15.2 Å². The Morgan fingerprint density at radius 1 is 1.32 bits per heavy atom. The van der Waals surface area contributed by atoms with Crippen LogP contribution >= 0.6 is 34.5 Å². The minimum absolute atomic E-state index is 0.0310. The molecular formula is C19H22Cl2N4O2S. The van der Waals surface area contributed by atoms with Crippen LogP contribution < -0.4 is 10.6 Å². The van der Waals surface area contributed by atoms with E-state index in [1.807, 2.05) is 6.92 Å². The molecule has 1 aromatic carbocycles. The number of aromatic nitrogens is 1. The number of nitrogens with one attached hydrogen (secondary N) is 2. The van der Waals surface area contributed by atoms with Gasteiger partial charge in [-0.1, -0.05) is 30.1 Å². The van der Waals surface area contributed by atoms with E-state index in [0.717, 1.165) is 19.3 Å². The Bertz CT molecular complexity index is 854. The number of carbonyl (C=O) groups excluding carboxylic acids is 2. The first-order valence-electron chi connectivity index (χ1n) is 9.23. The SMILES string of the molecule is CCCNC(=O)CCN(C(=O)c1csc(Nc2cc(Cl)ccc2Cl)n1)C1CC1. The van der Waals surface area contributed by atoms with Gasteiger partial charge in [0.15, 0.2) is 5.13 Å². The van der Waals surface area contributed by atoms with E-state index >= 15 is 0 Å². The minimum Gasteiger partial charge on any atom is -0.356 e. The number of nitrogens with zero attached hydrogens (tertiary/aromatic N) is 2. The van der Waals surface area contributed by atoms with Crippen molar-refractivity contribution in [2.24, 2.45) is 0 Å². The fraction of sp³-hybridized carbons (Fsp3) is 0.421. The highest BCUT2D eigenvalue weighted by Gasteiger charge is 2.34. The van der Waals surface area contributed by atoms with Gasteiger partial charge in [0.2, 0.25) is 5.91 Å². The molecule has 1 aromatic heterocycles. The minimum atomic E-state index is -0.146. The Kier molecular flexibility index (Phi) is 7.15. The van der Waals surface area contributed by atoms with Gasteiger partial charge in [-0.3, -0.25) is 9.59 Å². The van der Waals surface area contributed by atoms with E-state index in [9.17, 15) is 9.59 Å². The van der Waals surface area contributed by atoms with Gasteiger partial charge in [0.25, 0.3) is 5.91 Å². The summed E-state index contributed by atoms with van der Waals surface area (Å²) in [4.78, 5) is 30.9. The van der Waals surface area contributed by atoms with Crippen molar-refractivity contribution in [1.29, 1.82) is 0 Å². The van der Waals surface area contributed by atoms with E-state index < -0.39 is 0 Å². The summed E-state index contributed by atoms with van der Waals surface area (Å²) in [6.45, 7) is 3.06. The number of hydrogen-bond donors (Lipinski definition) is 2. The second-order valence-electron chi connectivity index (χ2n) is 6.62. The fourth-order valence-corrected chi connectivity index (χ4v) is 3.73. The van der Waals surface area contributed by atoms with E-state index in [2.05, 4.69) is 15.6 Å². The lowest BCUT2D eigenvalue weighted by Crippen LogP contribution is -2.37. The van der Waals surface area contributed by atoms with Gasteiger partial charge in [-0.2, -0.15) is 0 Å². The smallest absolute Gasteiger partial charge is 0.273 e. The molecule has 1 fully saturated rings. The van der Waals surface area contributed by atoms with Gasteiger partial charge >= 0.3 is 0 Å². The molecule has 2 amide bonds. The molecule has 0 aliphatic heterocycles. The third-order valence-electron chi connectivity index (χ3n) is 4.29. The van der Waals surface area contributed by atoms with Crippen LogP contribution in [0.5, 0.6) is 0 Å². The maximum Gasteiger partial charge on any atom is 0.273 e. The molecule has 0 spiro atoms. The van der Waals surface area contributed by atoms with Gasteiger partial charge in [0, 0.05) is 36.0 Å². The first kappa shape index (κ1) is 20.9. The van der Waals surface area contributed by atoms with E-state index in [1.54, 1.807) is 28.5 Å². The number of halogens is 2. The molecule has 0 radical (unpaired) electrons. The number of hydrogen-bond acceptors (Lipinski definition) is 5. The number of benzene rings is 1. The summed E-state index contributed by atoms with van der Waals surface area (Å²) in [5, 5.41) is 9.30. The molecule has 1 heterocycles. The largest absolute Gasteiger partial charge is 0.356 e. The normalized spacial score (nSPS) is 13.2. The third kappa shape index (κ3) is 5.59. The summed E-state index contributed by atoms with van der Waals surface area (Å²) in [5.41, 5.74) is 1.00. The van der Waals surface area contributed by atoms with Gasteiger partial charge in [0.1, 0.15) is 5.69 Å². The van der Waals surface area contributed by atoms with E-state index in [4.69, 9.17) is 23.2 Å². The van der Waals surface area contributed by atoms with Crippen molar-refractivity contribution < 1.29 is 9.59 Å². The molecule has 2 aromatic rings. The van der Waals surface area contributed by atoms with Crippen LogP contribution in [-0.2, 0) is 4.79 Å². The molecule has 0 unspecified atom stereocenters. The summed E-state index contributed by atoms with van der Waals surface area (Å²) in [6, 6.07) is 5.31. The number of thiazole rings is 1. The zero-order valence-electron chi connectivity index (χ0n) is 15.5. The third-order valence-corrected chi connectivity index (χ3v) is 5.62. The predicted molar refractivity (Wildman–Crippen MR) is 114 cm³/mol. The van der Waals surface area contributed by atoms with Gasteiger partial charge in [0.05, 0.1) is 10.7 Å². The maximum atomic E-state index is 12.9. The lowest BCUT2D eigenvalue weighted by Gasteiger charge is -2.21. The maximum absolute atomic E-state index is 12.9. The van der Waals surface area contributed by atoms with E-state index in [0.29, 0.717) is 46.1 Å². The number of rotatable bonds is 9. The average Bonchev–Trinajstić information content (AvgIpc) is 3.40. The Morgan fingerprint density at radius 3 is 2.82 bits per heavy atom. The Hall–Kier alpha value is -1.83. The molecule has 3 rings (SSSR count). The van der Waals surface area contributed by atoms with E-state index in [-0.39, 0.29) is 17.9 Å². The van der Waals surface area contributed by atoms with Crippen LogP contribution in [-0.4, -0.2) is 40.8 Å². The average molecular weight is 441 g/mol. The van der Waals surface area contributed by atoms with Crippen molar-refractivity contribution in [3.63, 3.8) is 0 Å². The standard InChI is InChI=1S/C19H22Cl2N4O2S/c1-2-8-22-17(26)7-9-25(13-4-5-13)18(27)16-11-28-19(24-16)23-15-10-12(20)3-6-14(15)21/h3,6,10-11,13H,2,4-5,7-9H2,1H3,(H,22,26)(H,23,24). The first-order chi connectivity index (χ1) is 13.5. The molecule has 2 N–H and O–H groups in total. The van der Waals surface area contributed by atoms with Gasteiger partial charge in [-0.05, 0) is 37.5 Å². The molecular weight excluding hydrogens is 419 g/mol. The highest BCUT2D eigenvalue weighted by Crippen LogP contribution is 2.31. The molecule has 150 valence electrons. The van der Waals surface area contributed by atoms with Gasteiger partial charge in [-0.15, -0.1) is 11.3 Å². The summed E-state index contributed by atoms with van der Waals surface area (Å²) in [6.07, 6.45) is 3.13. The highest BCUT2D eigenvalue weighted by atomic mass is 35.5. The molecule has 9 heteroatoms. The topological polar surface area (TPSA) is 74.3 Å². The number of carbonyl (C=O) groups is 2. The highest BCUT2D eigenvalue weighted by molar-refractivity contribution is 7.14. The summed E-state index contributed by atoms with van der Waals surface area (Å²) in [5.74, 6) is -0.177. The van der Waals surface area contributed by atoms with Crippen molar-refractivity contribution >= 4 is 57.2 Å². The monoisotopic (exact) mass is 440 g/mol. The second-order valence-corrected chi connectivity index (χ2v) is 8.32. The number of amides is 2. The summed E-state index contributed by atoms with van der Waals surface area (Å²) >= 11 is 13.5. The summed E-state index contributed by atoms with van der Waals surface area (Å²) in [7, 11) is 0. The Labute approximate surface area is 178 Å². The van der Waals surface area contributed by atoms with Crippen LogP contribution in [0, 0.1) is 0 Å². The predicted octanol–water partition coefficient (Wildman–Crippen LogP) is 4.71. The van der Waals surface area contributed by atoms with Crippen LogP contribution in [0.15, 0.2) is 23.6 Å². The van der Waals surface area contributed by atoms with Crippen LogP contribution in [0.2, 0.25) is 10.0 Å². The second kappa shape index (κ2) is 9.58. The lowest BCUT2D eigenvalue weighted by molar-refractivity contribution is -0.121. The van der Waals surface area contributed by atoms with Gasteiger partial charge < -0.3 is 15.5 Å². The zero-order chi connectivity index (χ0) is 20.1. The molecule has 0 bridgehead atoms. The van der Waals surface area contributed by atoms with Crippen LogP contribution in [0.1, 0.15) is 43.1 Å². The Morgan fingerprint density at radius 2 is 2.11 bits per heavy atom. The first-order valence-corrected chi connectivity index (χ1v) is 10.9. The van der Waals surface area contributed by atoms with Crippen LogP contribution in [0.25, 0.3) is 0 Å². The molecule has 1 saturated carbocycles. The zero-order valence-corrected chi connectivity index (χ0v) is 17.8. The van der Waals surface area contributed by atoms with Crippen molar-refractivity contribution in [3.05, 3.63) is 39.3 Å². The van der Waals surface area contributed by atoms with E-state index in [1.165, 1.54) is 11.3 Å². The quantitative estimate of drug-likeness (QED) is 0.591. The van der Waals surface area contributed by atoms with Crippen LogP contribution in [0.3, 0.4) is 0 Å². The van der Waals surface area contributed by atoms with Crippen molar-refractivity contribution in [2.45, 2.75) is 38.6 Å². The molecule has 0 atom stereocenters. The molecule has 0 saturated heterocycles. The molecule has 1 aliphatic rings. The Balaban J connectivity index is 1.64. The van der Waals surface area contributed by atoms with Gasteiger partial charge in [-0.25, -0.2) is 4.98 Å².